The largest absolute Gasteiger partial charge is 0.235 e. The van der Waals surface area contributed by atoms with E-state index < -0.39 is 0 Å². The third-order valence-corrected chi connectivity index (χ3v) is 3.14. The molecule has 1 aromatic heterocycles. The monoisotopic (exact) mass is 215 g/mol. The number of carbonyl (C=O) groups excluding carboxylic acids is 1. The summed E-state index contributed by atoms with van der Waals surface area (Å²) >= 11 is 1.65. The molecule has 0 radical (unpaired) electrons. The summed E-state index contributed by atoms with van der Waals surface area (Å²) in [6.07, 6.45) is 1.55. The smallest absolute Gasteiger partial charge is 0.211 e. The number of thiophene rings is 1. The Hall–Kier alpha value is -1.70. The number of nitrogens with zero attached hydrogens (tertiary/aromatic N) is 1. The van der Waals surface area contributed by atoms with Gasteiger partial charge in [0, 0.05) is 9.75 Å². The zero-order chi connectivity index (χ0) is 10.5. The molecular weight excluding hydrogens is 206 g/mol. The zero-order valence-corrected chi connectivity index (χ0v) is 8.83. The second kappa shape index (κ2) is 4.69. The average molecular weight is 215 g/mol. The van der Waals surface area contributed by atoms with Gasteiger partial charge in [0.05, 0.1) is 6.54 Å². The van der Waals surface area contributed by atoms with Crippen LogP contribution in [0, 0.1) is 0 Å². The highest BCUT2D eigenvalue weighted by Gasteiger charge is 2.01. The van der Waals surface area contributed by atoms with E-state index in [1.165, 1.54) is 10.4 Å². The van der Waals surface area contributed by atoms with Crippen LogP contribution in [-0.2, 0) is 11.3 Å². The zero-order valence-electron chi connectivity index (χ0n) is 8.01. The fraction of sp³-hybridized carbons (Fsp3) is 0.0833. The maximum absolute atomic E-state index is 9.97. The van der Waals surface area contributed by atoms with Crippen LogP contribution in [0.3, 0.4) is 0 Å². The molecule has 2 rings (SSSR count). The first-order valence-corrected chi connectivity index (χ1v) is 5.39. The SMILES string of the molecule is O=C=NCc1ccc(-c2ccccc2)s1. The Morgan fingerprint density at radius 3 is 2.67 bits per heavy atom. The van der Waals surface area contributed by atoms with Crippen molar-refractivity contribution in [2.75, 3.05) is 0 Å². The first-order valence-electron chi connectivity index (χ1n) is 4.58. The van der Waals surface area contributed by atoms with Gasteiger partial charge in [0.1, 0.15) is 0 Å². The van der Waals surface area contributed by atoms with Crippen molar-refractivity contribution in [2.45, 2.75) is 6.54 Å². The minimum Gasteiger partial charge on any atom is -0.211 e. The van der Waals surface area contributed by atoms with Gasteiger partial charge < -0.3 is 0 Å². The Bertz CT molecular complexity index is 483. The van der Waals surface area contributed by atoms with Gasteiger partial charge >= 0.3 is 0 Å². The quantitative estimate of drug-likeness (QED) is 0.571. The molecule has 0 atom stereocenters. The summed E-state index contributed by atoms with van der Waals surface area (Å²) in [6, 6.07) is 14.2. The Morgan fingerprint density at radius 2 is 1.93 bits per heavy atom. The van der Waals surface area contributed by atoms with Crippen LogP contribution in [0.5, 0.6) is 0 Å². The lowest BCUT2D eigenvalue weighted by Crippen LogP contribution is -1.70. The van der Waals surface area contributed by atoms with E-state index in [1.54, 1.807) is 17.4 Å². The second-order valence-electron chi connectivity index (χ2n) is 3.04. The second-order valence-corrected chi connectivity index (χ2v) is 4.21. The molecule has 1 heterocycles. The molecule has 0 N–H and O–H groups in total. The standard InChI is InChI=1S/C12H9NOS/c14-9-13-8-11-6-7-12(15-11)10-4-2-1-3-5-10/h1-7H,8H2. The Kier molecular flexibility index (Phi) is 3.08. The van der Waals surface area contributed by atoms with Crippen LogP contribution in [0.25, 0.3) is 10.4 Å². The van der Waals surface area contributed by atoms with E-state index in [-0.39, 0.29) is 0 Å². The van der Waals surface area contributed by atoms with Gasteiger partial charge in [-0.25, -0.2) is 9.79 Å². The number of hydrogen-bond donors (Lipinski definition) is 0. The molecule has 0 aliphatic carbocycles. The van der Waals surface area contributed by atoms with E-state index >= 15 is 0 Å². The van der Waals surface area contributed by atoms with Gasteiger partial charge in [-0.2, -0.15) is 0 Å². The van der Waals surface area contributed by atoms with E-state index in [1.807, 2.05) is 24.3 Å². The maximum atomic E-state index is 9.97. The molecule has 3 heteroatoms. The molecule has 2 nitrogen and oxygen atoms in total. The molecular formula is C12H9NOS. The fourth-order valence-electron chi connectivity index (χ4n) is 1.33. The highest BCUT2D eigenvalue weighted by Crippen LogP contribution is 2.27. The van der Waals surface area contributed by atoms with E-state index in [9.17, 15) is 4.79 Å². The molecule has 0 amide bonds. The molecule has 1 aromatic carbocycles. The van der Waals surface area contributed by atoms with Crippen molar-refractivity contribution in [2.24, 2.45) is 4.99 Å². The first-order chi connectivity index (χ1) is 7.40. The fourth-order valence-corrected chi connectivity index (χ4v) is 2.27. The van der Waals surface area contributed by atoms with Crippen LogP contribution in [0.4, 0.5) is 0 Å². The number of hydrogen-bond acceptors (Lipinski definition) is 3. The molecule has 0 unspecified atom stereocenters. The van der Waals surface area contributed by atoms with E-state index in [0.717, 1.165) is 4.88 Å². The molecule has 2 aromatic rings. The van der Waals surface area contributed by atoms with Crippen LogP contribution < -0.4 is 0 Å². The van der Waals surface area contributed by atoms with Gasteiger partial charge in [-0.05, 0) is 17.7 Å². The summed E-state index contributed by atoms with van der Waals surface area (Å²) < 4.78 is 0. The topological polar surface area (TPSA) is 29.4 Å². The number of aliphatic imine (C=N–C) groups is 1. The summed E-state index contributed by atoms with van der Waals surface area (Å²) in [6.45, 7) is 0.432. The van der Waals surface area contributed by atoms with Gasteiger partial charge in [-0.15, -0.1) is 11.3 Å². The van der Waals surface area contributed by atoms with Crippen molar-refractivity contribution in [3.05, 3.63) is 47.3 Å². The highest BCUT2D eigenvalue weighted by atomic mass is 32.1. The number of rotatable bonds is 3. The van der Waals surface area contributed by atoms with Crippen LogP contribution in [0.2, 0.25) is 0 Å². The Labute approximate surface area is 91.9 Å². The summed E-state index contributed by atoms with van der Waals surface area (Å²) in [5.74, 6) is 0. The third kappa shape index (κ3) is 2.40. The van der Waals surface area contributed by atoms with Crippen LogP contribution in [-0.4, -0.2) is 6.08 Å². The molecule has 0 aliphatic heterocycles. The van der Waals surface area contributed by atoms with Crippen molar-refractivity contribution in [1.82, 2.24) is 0 Å². The molecule has 0 bridgehead atoms. The Morgan fingerprint density at radius 1 is 1.13 bits per heavy atom. The summed E-state index contributed by atoms with van der Waals surface area (Å²) in [5, 5.41) is 0. The predicted octanol–water partition coefficient (Wildman–Crippen LogP) is 3.25. The van der Waals surface area contributed by atoms with Gasteiger partial charge in [0.2, 0.25) is 6.08 Å². The van der Waals surface area contributed by atoms with E-state index in [0.29, 0.717) is 6.54 Å². The van der Waals surface area contributed by atoms with Crippen molar-refractivity contribution in [3.8, 4) is 10.4 Å². The molecule has 0 spiro atoms. The van der Waals surface area contributed by atoms with Gasteiger partial charge in [0.15, 0.2) is 0 Å². The third-order valence-electron chi connectivity index (χ3n) is 2.02. The molecule has 0 saturated heterocycles. The maximum Gasteiger partial charge on any atom is 0.235 e. The first kappa shape index (κ1) is 9.84. The van der Waals surface area contributed by atoms with Crippen molar-refractivity contribution < 1.29 is 4.79 Å². The number of isocyanates is 1. The lowest BCUT2D eigenvalue weighted by atomic mass is 10.2. The molecule has 74 valence electrons. The van der Waals surface area contributed by atoms with Gasteiger partial charge in [-0.1, -0.05) is 30.3 Å². The van der Waals surface area contributed by atoms with E-state index in [2.05, 4.69) is 23.2 Å². The average Bonchev–Trinajstić information content (AvgIpc) is 2.76. The summed E-state index contributed by atoms with van der Waals surface area (Å²) in [5.41, 5.74) is 1.20. The van der Waals surface area contributed by atoms with Crippen molar-refractivity contribution in [1.29, 1.82) is 0 Å². The lowest BCUT2D eigenvalue weighted by Gasteiger charge is -1.94. The van der Waals surface area contributed by atoms with Crippen molar-refractivity contribution >= 4 is 17.4 Å². The van der Waals surface area contributed by atoms with E-state index in [4.69, 9.17) is 0 Å². The molecule has 0 saturated carbocycles. The molecule has 15 heavy (non-hydrogen) atoms. The minimum atomic E-state index is 0.432. The highest BCUT2D eigenvalue weighted by molar-refractivity contribution is 7.15. The normalized spacial score (nSPS) is 9.60. The van der Waals surface area contributed by atoms with Crippen LogP contribution in [0.1, 0.15) is 4.88 Å². The van der Waals surface area contributed by atoms with Gasteiger partial charge in [-0.3, -0.25) is 0 Å². The van der Waals surface area contributed by atoms with Crippen LogP contribution >= 0.6 is 11.3 Å². The molecule has 0 fully saturated rings. The van der Waals surface area contributed by atoms with Gasteiger partial charge in [0.25, 0.3) is 0 Å². The molecule has 0 aliphatic rings. The van der Waals surface area contributed by atoms with Crippen LogP contribution in [0.15, 0.2) is 47.5 Å². The predicted molar refractivity (Wildman–Crippen MR) is 61.6 cm³/mol. The Balaban J connectivity index is 2.24. The summed E-state index contributed by atoms with van der Waals surface area (Å²) in [4.78, 5) is 15.8. The summed E-state index contributed by atoms with van der Waals surface area (Å²) in [7, 11) is 0. The lowest BCUT2D eigenvalue weighted by molar-refractivity contribution is 0.563. The number of benzene rings is 1. The minimum absolute atomic E-state index is 0.432. The van der Waals surface area contributed by atoms with Crippen molar-refractivity contribution in [3.63, 3.8) is 0 Å².